The Hall–Kier alpha value is 0.470. The summed E-state index contributed by atoms with van der Waals surface area (Å²) in [4.78, 5) is 11.0. The van der Waals surface area contributed by atoms with Gasteiger partial charge in [-0.05, 0) is 6.42 Å². The van der Waals surface area contributed by atoms with Crippen molar-refractivity contribution in [3.8, 4) is 0 Å². The van der Waals surface area contributed by atoms with Gasteiger partial charge in [-0.2, -0.15) is 0 Å². The van der Waals surface area contributed by atoms with Gasteiger partial charge in [-0.25, -0.2) is 0 Å². The zero-order chi connectivity index (χ0) is 10.3. The monoisotopic (exact) mass is 320 g/mol. The quantitative estimate of drug-likeness (QED) is 0.267. The molecule has 0 aromatic carbocycles. The minimum absolute atomic E-state index is 0.265. The van der Waals surface area contributed by atoms with Crippen molar-refractivity contribution in [1.82, 2.24) is 0 Å². The summed E-state index contributed by atoms with van der Waals surface area (Å²) in [6, 6.07) is 0. The molecular weight excluding hydrogens is 307 g/mol. The van der Waals surface area contributed by atoms with Crippen molar-refractivity contribution in [3.05, 3.63) is 0 Å². The summed E-state index contributed by atoms with van der Waals surface area (Å²) in [5.41, 5.74) is 0. The number of esters is 1. The van der Waals surface area contributed by atoms with E-state index in [0.29, 0.717) is 13.0 Å². The highest BCUT2D eigenvalue weighted by Crippen LogP contribution is 2.13. The Kier molecular flexibility index (Phi) is 7.10. The Morgan fingerprint density at radius 3 is 2.69 bits per heavy atom. The molecule has 13 heavy (non-hydrogen) atoms. The molecule has 0 aliphatic carbocycles. The van der Waals surface area contributed by atoms with Crippen molar-refractivity contribution in [1.29, 1.82) is 0 Å². The molecule has 0 radical (unpaired) electrons. The zero-order valence-corrected chi connectivity index (χ0v) is 10.6. The molecule has 0 saturated carbocycles. The first-order chi connectivity index (χ1) is 5.95. The Balaban J connectivity index is 3.41. The number of rotatable bonds is 6. The Morgan fingerprint density at radius 1 is 1.62 bits per heavy atom. The van der Waals surface area contributed by atoms with Crippen LogP contribution in [-0.2, 0) is 13.7 Å². The fourth-order valence-electron chi connectivity index (χ4n) is 0.637. The molecule has 0 heterocycles. The molecule has 4 nitrogen and oxygen atoms in total. The van der Waals surface area contributed by atoms with Crippen LogP contribution < -0.4 is 0 Å². The summed E-state index contributed by atoms with van der Waals surface area (Å²) in [5, 5.41) is 9.11. The molecular formula is C7H13IO4S. The maximum Gasteiger partial charge on any atom is 0.308 e. The smallest absolute Gasteiger partial charge is 0.308 e. The molecule has 0 amide bonds. The van der Waals surface area contributed by atoms with Gasteiger partial charge in [0.1, 0.15) is 0 Å². The molecule has 78 valence electrons. The average Bonchev–Trinajstić information content (AvgIpc) is 1.94. The fraction of sp³-hybridized carbons (Fsp3) is 0.857. The van der Waals surface area contributed by atoms with E-state index in [1.54, 1.807) is 0 Å². The van der Waals surface area contributed by atoms with Gasteiger partial charge in [0.05, 0.1) is 15.8 Å². The third kappa shape index (κ3) is 10.4. The van der Waals surface area contributed by atoms with Gasteiger partial charge in [0.15, 0.2) is 0 Å². The third-order valence-electron chi connectivity index (χ3n) is 1.02. The van der Waals surface area contributed by atoms with E-state index in [1.807, 2.05) is 21.2 Å². The topological polar surface area (TPSA) is 55.8 Å². The number of hydrogen-bond donors (Lipinski definition) is 1. The van der Waals surface area contributed by atoms with Crippen LogP contribution >= 0.6 is 30.4 Å². The first-order valence-corrected chi connectivity index (χ1v) is 7.08. The predicted molar refractivity (Wildman–Crippen MR) is 59.2 cm³/mol. The van der Waals surface area contributed by atoms with Crippen LogP contribution in [0.25, 0.3) is 0 Å². The van der Waals surface area contributed by atoms with Gasteiger partial charge in [0.2, 0.25) is 5.79 Å². The molecule has 0 bridgehead atoms. The van der Waals surface area contributed by atoms with Gasteiger partial charge in [-0.1, -0.05) is 0 Å². The molecule has 0 fully saturated rings. The molecule has 0 aromatic rings. The molecule has 0 rings (SSSR count). The molecule has 0 spiro atoms. The minimum Gasteiger partial charge on any atom is -0.434 e. The third-order valence-corrected chi connectivity index (χ3v) is 2.04. The second-order valence-corrected chi connectivity index (χ2v) is 4.35. The van der Waals surface area contributed by atoms with Gasteiger partial charge in [-0.15, -0.1) is 0 Å². The Morgan fingerprint density at radius 2 is 2.23 bits per heavy atom. The summed E-state index contributed by atoms with van der Waals surface area (Å²) in [7, 11) is 1.23. The van der Waals surface area contributed by atoms with E-state index in [0.717, 1.165) is 0 Å². The molecule has 1 N–H and O–H groups in total. The lowest BCUT2D eigenvalue weighted by Crippen LogP contribution is -2.27. The summed E-state index contributed by atoms with van der Waals surface area (Å²) in [6.07, 6.45) is 0.867. The summed E-state index contributed by atoms with van der Waals surface area (Å²) >= 11 is 2.00. The standard InChI is InChI=1S/C7H13IO4S/c1-7(2,10)12-6(9)4-3-5-11-13-8/h10H,3-5H2,1-2H3. The van der Waals surface area contributed by atoms with E-state index in [-0.39, 0.29) is 6.42 Å². The number of ether oxygens (including phenoxy) is 1. The maximum atomic E-state index is 11.0. The van der Waals surface area contributed by atoms with E-state index in [4.69, 9.17) is 9.29 Å². The number of aliphatic hydroxyl groups is 1. The molecule has 6 heteroatoms. The lowest BCUT2D eigenvalue weighted by atomic mass is 10.3. The zero-order valence-electron chi connectivity index (χ0n) is 7.58. The normalized spacial score (nSPS) is 11.4. The molecule has 0 aliphatic rings. The van der Waals surface area contributed by atoms with E-state index in [9.17, 15) is 4.79 Å². The highest BCUT2D eigenvalue weighted by molar-refractivity contribution is 14.2. The first kappa shape index (κ1) is 13.5. The second-order valence-electron chi connectivity index (χ2n) is 2.91. The minimum atomic E-state index is -1.38. The molecule has 0 saturated heterocycles. The molecule has 0 aliphatic heterocycles. The Labute approximate surface area is 94.2 Å². The van der Waals surface area contributed by atoms with E-state index in [1.165, 1.54) is 23.1 Å². The number of carbonyl (C=O) groups is 1. The van der Waals surface area contributed by atoms with Crippen LogP contribution in [0.4, 0.5) is 0 Å². The van der Waals surface area contributed by atoms with Gasteiger partial charge in [0.25, 0.3) is 0 Å². The molecule has 0 aromatic heterocycles. The van der Waals surface area contributed by atoms with Crippen molar-refractivity contribution in [2.45, 2.75) is 32.5 Å². The van der Waals surface area contributed by atoms with Gasteiger partial charge in [-0.3, -0.25) is 4.79 Å². The number of carbonyl (C=O) groups excluding carboxylic acids is 1. The van der Waals surface area contributed by atoms with Crippen molar-refractivity contribution < 1.29 is 18.8 Å². The predicted octanol–water partition coefficient (Wildman–Crippen LogP) is 2.05. The highest BCUT2D eigenvalue weighted by atomic mass is 127. The van der Waals surface area contributed by atoms with Crippen molar-refractivity contribution in [2.24, 2.45) is 0 Å². The molecule has 0 unspecified atom stereocenters. The van der Waals surface area contributed by atoms with E-state index < -0.39 is 11.8 Å². The van der Waals surface area contributed by atoms with Crippen LogP contribution in [0.3, 0.4) is 0 Å². The van der Waals surface area contributed by atoms with Gasteiger partial charge < -0.3 is 14.0 Å². The van der Waals surface area contributed by atoms with Crippen LogP contribution in [-0.4, -0.2) is 23.5 Å². The lowest BCUT2D eigenvalue weighted by Gasteiger charge is -2.17. The van der Waals surface area contributed by atoms with E-state index in [2.05, 4.69) is 4.74 Å². The van der Waals surface area contributed by atoms with Crippen LogP contribution in [0.15, 0.2) is 0 Å². The average molecular weight is 320 g/mol. The van der Waals surface area contributed by atoms with Crippen molar-refractivity contribution in [3.63, 3.8) is 0 Å². The first-order valence-electron chi connectivity index (χ1n) is 3.80. The highest BCUT2D eigenvalue weighted by Gasteiger charge is 2.17. The van der Waals surface area contributed by atoms with Gasteiger partial charge >= 0.3 is 5.97 Å². The fourth-order valence-corrected chi connectivity index (χ4v) is 1.36. The van der Waals surface area contributed by atoms with Crippen molar-refractivity contribution in [2.75, 3.05) is 6.61 Å². The number of halogens is 1. The summed E-state index contributed by atoms with van der Waals surface area (Å²) in [6.45, 7) is 3.35. The lowest BCUT2D eigenvalue weighted by molar-refractivity contribution is -0.195. The summed E-state index contributed by atoms with van der Waals surface area (Å²) < 4.78 is 9.62. The number of hydrogen-bond acceptors (Lipinski definition) is 5. The maximum absolute atomic E-state index is 11.0. The second kappa shape index (κ2) is 6.86. The van der Waals surface area contributed by atoms with E-state index >= 15 is 0 Å². The van der Waals surface area contributed by atoms with Crippen LogP contribution in [0.1, 0.15) is 26.7 Å². The largest absolute Gasteiger partial charge is 0.434 e. The molecule has 0 atom stereocenters. The summed E-state index contributed by atoms with van der Waals surface area (Å²) in [5.74, 6) is -1.79. The van der Waals surface area contributed by atoms with Gasteiger partial charge in [0, 0.05) is 41.5 Å². The van der Waals surface area contributed by atoms with Crippen LogP contribution in [0, 0.1) is 0 Å². The van der Waals surface area contributed by atoms with Crippen LogP contribution in [0.5, 0.6) is 0 Å². The van der Waals surface area contributed by atoms with Crippen LogP contribution in [0.2, 0.25) is 0 Å². The Bertz CT molecular complexity index is 157. The SMILES string of the molecule is CC(C)(O)OC(=O)CCCOSI. The van der Waals surface area contributed by atoms with Crippen molar-refractivity contribution >= 4 is 36.4 Å².